The number of rotatable bonds is 7. The third-order valence-electron chi connectivity index (χ3n) is 3.85. The van der Waals surface area contributed by atoms with Crippen molar-refractivity contribution in [3.05, 3.63) is 10.6 Å². The van der Waals surface area contributed by atoms with Crippen LogP contribution in [0.15, 0.2) is 0 Å². The number of hydrogen-bond donors (Lipinski definition) is 1. The summed E-state index contributed by atoms with van der Waals surface area (Å²) >= 11 is 1.09. The predicted molar refractivity (Wildman–Crippen MR) is 91.0 cm³/mol. The van der Waals surface area contributed by atoms with Crippen LogP contribution in [0, 0.1) is 12.8 Å². The Morgan fingerprint density at radius 1 is 1.42 bits per heavy atom. The van der Waals surface area contributed by atoms with E-state index in [1.807, 2.05) is 0 Å². The summed E-state index contributed by atoms with van der Waals surface area (Å²) in [5.74, 6) is -1.02. The second-order valence-corrected chi connectivity index (χ2v) is 6.74. The first-order valence-electron chi connectivity index (χ1n) is 8.19. The van der Waals surface area contributed by atoms with E-state index in [2.05, 4.69) is 17.2 Å². The number of nitrogens with zero attached hydrogens (tertiary/aromatic N) is 2. The number of aryl methyl sites for hydroxylation is 1. The van der Waals surface area contributed by atoms with Crippen LogP contribution >= 0.6 is 11.3 Å². The molecule has 0 bridgehead atoms. The fourth-order valence-electron chi connectivity index (χ4n) is 2.56. The van der Waals surface area contributed by atoms with Gasteiger partial charge >= 0.3 is 5.97 Å². The standard InChI is InChI=1S/C16H23N3O4S/c1-4-6-7-19-9-11(8-12(19)20)14(21)18-16-17-10(3)13(24-16)15(22)23-5-2/h11H,4-9H2,1-3H3,(H,17,18,21). The highest BCUT2D eigenvalue weighted by Crippen LogP contribution is 2.25. The summed E-state index contributed by atoms with van der Waals surface area (Å²) < 4.78 is 4.96. The van der Waals surface area contributed by atoms with E-state index in [-0.39, 0.29) is 30.8 Å². The van der Waals surface area contributed by atoms with Gasteiger partial charge < -0.3 is 15.0 Å². The van der Waals surface area contributed by atoms with E-state index < -0.39 is 5.97 Å². The number of ether oxygens (including phenoxy) is 1. The summed E-state index contributed by atoms with van der Waals surface area (Å²) in [4.78, 5) is 42.4. The zero-order valence-electron chi connectivity index (χ0n) is 14.3. The number of esters is 1. The lowest BCUT2D eigenvalue weighted by atomic mass is 10.1. The molecule has 7 nitrogen and oxygen atoms in total. The smallest absolute Gasteiger partial charge is 0.350 e. The lowest BCUT2D eigenvalue weighted by molar-refractivity contribution is -0.128. The minimum absolute atomic E-state index is 0.0196. The van der Waals surface area contributed by atoms with Crippen molar-refractivity contribution < 1.29 is 19.1 Å². The van der Waals surface area contributed by atoms with Gasteiger partial charge in [-0.15, -0.1) is 0 Å². The molecule has 1 aliphatic heterocycles. The first-order chi connectivity index (χ1) is 11.5. The first kappa shape index (κ1) is 18.4. The molecule has 1 fully saturated rings. The van der Waals surface area contributed by atoms with Crippen LogP contribution in [0.2, 0.25) is 0 Å². The summed E-state index contributed by atoms with van der Waals surface area (Å²) in [6, 6.07) is 0. The quantitative estimate of drug-likeness (QED) is 0.759. The first-order valence-corrected chi connectivity index (χ1v) is 9.01. The number of carbonyl (C=O) groups is 3. The third kappa shape index (κ3) is 4.31. The molecule has 2 rings (SSSR count). The number of amides is 2. The molecule has 24 heavy (non-hydrogen) atoms. The van der Waals surface area contributed by atoms with Gasteiger partial charge in [0, 0.05) is 19.5 Å². The maximum atomic E-state index is 12.4. The Morgan fingerprint density at radius 2 is 2.17 bits per heavy atom. The van der Waals surface area contributed by atoms with Crippen LogP contribution in [0.25, 0.3) is 0 Å². The Labute approximate surface area is 145 Å². The number of thiazole rings is 1. The van der Waals surface area contributed by atoms with Crippen LogP contribution in [0.5, 0.6) is 0 Å². The Bertz CT molecular complexity index is 629. The Hall–Kier alpha value is -1.96. The second kappa shape index (κ2) is 8.23. The molecular weight excluding hydrogens is 330 g/mol. The van der Waals surface area contributed by atoms with Crippen molar-refractivity contribution in [2.75, 3.05) is 25.0 Å². The zero-order chi connectivity index (χ0) is 17.7. The van der Waals surface area contributed by atoms with Gasteiger partial charge in [-0.2, -0.15) is 0 Å². The van der Waals surface area contributed by atoms with Gasteiger partial charge in [-0.1, -0.05) is 24.7 Å². The van der Waals surface area contributed by atoms with Gasteiger partial charge in [0.2, 0.25) is 11.8 Å². The van der Waals surface area contributed by atoms with Crippen molar-refractivity contribution in [3.8, 4) is 0 Å². The van der Waals surface area contributed by atoms with E-state index in [0.717, 1.165) is 24.2 Å². The number of likely N-dealkylation sites (tertiary alicyclic amines) is 1. The molecule has 1 atom stereocenters. The molecule has 0 saturated carbocycles. The van der Waals surface area contributed by atoms with E-state index in [1.165, 1.54) is 0 Å². The monoisotopic (exact) mass is 353 g/mol. The predicted octanol–water partition coefficient (Wildman–Crippen LogP) is 2.22. The van der Waals surface area contributed by atoms with Gasteiger partial charge in [0.25, 0.3) is 0 Å². The van der Waals surface area contributed by atoms with Crippen LogP contribution in [-0.4, -0.2) is 47.4 Å². The van der Waals surface area contributed by atoms with Crippen LogP contribution in [0.3, 0.4) is 0 Å². The normalized spacial score (nSPS) is 17.2. The Kier molecular flexibility index (Phi) is 6.30. The number of aromatic nitrogens is 1. The van der Waals surface area contributed by atoms with Crippen LogP contribution in [0.1, 0.15) is 48.5 Å². The summed E-state index contributed by atoms with van der Waals surface area (Å²) in [5, 5.41) is 3.08. The summed E-state index contributed by atoms with van der Waals surface area (Å²) in [6.45, 7) is 6.93. The molecule has 8 heteroatoms. The summed E-state index contributed by atoms with van der Waals surface area (Å²) in [5.41, 5.74) is 0.529. The average molecular weight is 353 g/mol. The van der Waals surface area contributed by atoms with E-state index in [9.17, 15) is 14.4 Å². The maximum absolute atomic E-state index is 12.4. The molecule has 132 valence electrons. The molecular formula is C16H23N3O4S. The van der Waals surface area contributed by atoms with Crippen LogP contribution in [-0.2, 0) is 14.3 Å². The molecule has 0 aromatic carbocycles. The molecule has 0 spiro atoms. The molecule has 0 radical (unpaired) electrons. The van der Waals surface area contributed by atoms with Crippen molar-refractivity contribution in [1.82, 2.24) is 9.88 Å². The van der Waals surface area contributed by atoms with Crippen molar-refractivity contribution >= 4 is 34.3 Å². The van der Waals surface area contributed by atoms with Gasteiger partial charge in [0.15, 0.2) is 5.13 Å². The van der Waals surface area contributed by atoms with Gasteiger partial charge in [-0.05, 0) is 20.3 Å². The van der Waals surface area contributed by atoms with E-state index >= 15 is 0 Å². The van der Waals surface area contributed by atoms with Crippen molar-refractivity contribution in [2.45, 2.75) is 40.0 Å². The highest BCUT2D eigenvalue weighted by molar-refractivity contribution is 7.17. The molecule has 1 aliphatic rings. The molecule has 0 aliphatic carbocycles. The molecule has 1 N–H and O–H groups in total. The van der Waals surface area contributed by atoms with Crippen molar-refractivity contribution in [2.24, 2.45) is 5.92 Å². The van der Waals surface area contributed by atoms with E-state index in [0.29, 0.717) is 28.8 Å². The van der Waals surface area contributed by atoms with Crippen molar-refractivity contribution in [1.29, 1.82) is 0 Å². The highest BCUT2D eigenvalue weighted by atomic mass is 32.1. The maximum Gasteiger partial charge on any atom is 0.350 e. The number of unbranched alkanes of at least 4 members (excludes halogenated alkanes) is 1. The largest absolute Gasteiger partial charge is 0.462 e. The van der Waals surface area contributed by atoms with Crippen molar-refractivity contribution in [3.63, 3.8) is 0 Å². The number of hydrogen-bond acceptors (Lipinski definition) is 6. The van der Waals surface area contributed by atoms with E-state index in [1.54, 1.807) is 18.7 Å². The lowest BCUT2D eigenvalue weighted by Gasteiger charge is -2.15. The Morgan fingerprint density at radius 3 is 2.83 bits per heavy atom. The number of carbonyl (C=O) groups excluding carboxylic acids is 3. The van der Waals surface area contributed by atoms with Gasteiger partial charge in [-0.3, -0.25) is 9.59 Å². The van der Waals surface area contributed by atoms with Crippen LogP contribution in [0.4, 0.5) is 5.13 Å². The second-order valence-electron chi connectivity index (χ2n) is 5.74. The molecule has 1 unspecified atom stereocenters. The minimum atomic E-state index is -0.435. The summed E-state index contributed by atoms with van der Waals surface area (Å²) in [7, 11) is 0. The topological polar surface area (TPSA) is 88.6 Å². The average Bonchev–Trinajstić information content (AvgIpc) is 3.08. The minimum Gasteiger partial charge on any atom is -0.462 e. The highest BCUT2D eigenvalue weighted by Gasteiger charge is 2.34. The van der Waals surface area contributed by atoms with E-state index in [4.69, 9.17) is 4.74 Å². The lowest BCUT2D eigenvalue weighted by Crippen LogP contribution is -2.29. The van der Waals surface area contributed by atoms with Gasteiger partial charge in [0.05, 0.1) is 18.2 Å². The summed E-state index contributed by atoms with van der Waals surface area (Å²) in [6.07, 6.45) is 2.18. The Balaban J connectivity index is 1.97. The fraction of sp³-hybridized carbons (Fsp3) is 0.625. The van der Waals surface area contributed by atoms with Crippen LogP contribution < -0.4 is 5.32 Å². The molecule has 1 aromatic heterocycles. The molecule has 2 amide bonds. The molecule has 1 aromatic rings. The number of nitrogens with one attached hydrogen (secondary N) is 1. The third-order valence-corrected chi connectivity index (χ3v) is 4.91. The number of anilines is 1. The fourth-order valence-corrected chi connectivity index (χ4v) is 3.42. The van der Waals surface area contributed by atoms with Gasteiger partial charge in [0.1, 0.15) is 4.88 Å². The van der Waals surface area contributed by atoms with Gasteiger partial charge in [-0.25, -0.2) is 9.78 Å². The molecule has 2 heterocycles. The zero-order valence-corrected chi connectivity index (χ0v) is 15.1. The molecule has 1 saturated heterocycles. The SMILES string of the molecule is CCCCN1CC(C(=O)Nc2nc(C)c(C(=O)OCC)s2)CC1=O.